The van der Waals surface area contributed by atoms with Gasteiger partial charge in [0.2, 0.25) is 0 Å². The summed E-state index contributed by atoms with van der Waals surface area (Å²) in [4.78, 5) is 14.7. The van der Waals surface area contributed by atoms with Crippen molar-refractivity contribution in [2.24, 2.45) is 0 Å². The number of carbonyl (C=O) groups is 1. The van der Waals surface area contributed by atoms with Crippen LogP contribution in [0.2, 0.25) is 0 Å². The van der Waals surface area contributed by atoms with E-state index in [2.05, 4.69) is 4.98 Å². The Hall–Kier alpha value is -2.01. The fraction of sp³-hybridized carbons (Fsp3) is 0.286. The molecule has 1 aromatic carbocycles. The summed E-state index contributed by atoms with van der Waals surface area (Å²) in [5, 5.41) is 0. The Morgan fingerprint density at radius 3 is 2.80 bits per heavy atom. The number of nitrogens with zero attached hydrogens (tertiary/aromatic N) is 2. The SMILES string of the molecule is CCOc1cc(C=O)ccc1OCCn1ccnc1.Cl. The molecular formula is C14H17ClN2O3. The van der Waals surface area contributed by atoms with Gasteiger partial charge in [-0.3, -0.25) is 4.79 Å². The highest BCUT2D eigenvalue weighted by atomic mass is 35.5. The Morgan fingerprint density at radius 1 is 1.30 bits per heavy atom. The third kappa shape index (κ3) is 4.28. The minimum atomic E-state index is 0. The predicted octanol–water partition coefficient (Wildman–Crippen LogP) is 2.60. The van der Waals surface area contributed by atoms with E-state index in [0.717, 1.165) is 6.29 Å². The van der Waals surface area contributed by atoms with Crippen LogP contribution in [-0.2, 0) is 6.54 Å². The molecule has 0 bridgehead atoms. The Labute approximate surface area is 123 Å². The smallest absolute Gasteiger partial charge is 0.161 e. The fourth-order valence-electron chi connectivity index (χ4n) is 1.67. The molecule has 0 saturated heterocycles. The van der Waals surface area contributed by atoms with Crippen molar-refractivity contribution in [2.45, 2.75) is 13.5 Å². The number of hydrogen-bond donors (Lipinski definition) is 0. The van der Waals surface area contributed by atoms with E-state index >= 15 is 0 Å². The Balaban J connectivity index is 0.00000200. The summed E-state index contributed by atoms with van der Waals surface area (Å²) >= 11 is 0. The molecule has 0 aliphatic rings. The molecule has 6 heteroatoms. The highest BCUT2D eigenvalue weighted by molar-refractivity contribution is 5.85. The zero-order valence-electron chi connectivity index (χ0n) is 11.2. The van der Waals surface area contributed by atoms with Gasteiger partial charge < -0.3 is 14.0 Å². The van der Waals surface area contributed by atoms with Crippen LogP contribution < -0.4 is 9.47 Å². The molecule has 0 spiro atoms. The topological polar surface area (TPSA) is 53.4 Å². The van der Waals surface area contributed by atoms with Crippen LogP contribution in [0.3, 0.4) is 0 Å². The van der Waals surface area contributed by atoms with Crippen molar-refractivity contribution in [1.29, 1.82) is 0 Å². The summed E-state index contributed by atoms with van der Waals surface area (Å²) in [5.74, 6) is 1.24. The van der Waals surface area contributed by atoms with Crippen LogP contribution in [0.1, 0.15) is 17.3 Å². The minimum Gasteiger partial charge on any atom is -0.490 e. The number of carbonyl (C=O) groups excluding carboxylic acids is 1. The highest BCUT2D eigenvalue weighted by Gasteiger charge is 2.06. The summed E-state index contributed by atoms with van der Waals surface area (Å²) in [6.45, 7) is 3.64. The monoisotopic (exact) mass is 296 g/mol. The number of imidazole rings is 1. The predicted molar refractivity (Wildman–Crippen MR) is 78.0 cm³/mol. The lowest BCUT2D eigenvalue weighted by Crippen LogP contribution is -2.07. The van der Waals surface area contributed by atoms with E-state index in [0.29, 0.717) is 36.8 Å². The number of aldehydes is 1. The zero-order chi connectivity index (χ0) is 13.5. The third-order valence-electron chi connectivity index (χ3n) is 2.57. The molecule has 1 aromatic heterocycles. The summed E-state index contributed by atoms with van der Waals surface area (Å²) in [6.07, 6.45) is 6.13. The van der Waals surface area contributed by atoms with Gasteiger partial charge in [-0.05, 0) is 25.1 Å². The fourth-order valence-corrected chi connectivity index (χ4v) is 1.67. The number of rotatable bonds is 7. The van der Waals surface area contributed by atoms with Crippen LogP contribution >= 0.6 is 12.4 Å². The van der Waals surface area contributed by atoms with Gasteiger partial charge in [0.15, 0.2) is 11.5 Å². The second-order valence-electron chi connectivity index (χ2n) is 3.91. The molecule has 5 nitrogen and oxygen atoms in total. The number of aromatic nitrogens is 2. The average Bonchev–Trinajstić information content (AvgIpc) is 2.94. The number of ether oxygens (including phenoxy) is 2. The van der Waals surface area contributed by atoms with E-state index in [4.69, 9.17) is 9.47 Å². The molecule has 0 aliphatic carbocycles. The van der Waals surface area contributed by atoms with Gasteiger partial charge >= 0.3 is 0 Å². The first-order chi connectivity index (χ1) is 9.33. The molecule has 0 amide bonds. The molecule has 0 radical (unpaired) electrons. The lowest BCUT2D eigenvalue weighted by Gasteiger charge is -2.12. The summed E-state index contributed by atoms with van der Waals surface area (Å²) < 4.78 is 13.1. The van der Waals surface area contributed by atoms with Crippen LogP contribution in [0.4, 0.5) is 0 Å². The molecule has 0 aliphatic heterocycles. The molecule has 0 N–H and O–H groups in total. The van der Waals surface area contributed by atoms with Crippen molar-refractivity contribution in [3.05, 3.63) is 42.5 Å². The van der Waals surface area contributed by atoms with E-state index in [9.17, 15) is 4.79 Å². The van der Waals surface area contributed by atoms with Crippen molar-refractivity contribution in [1.82, 2.24) is 9.55 Å². The van der Waals surface area contributed by atoms with Gasteiger partial charge in [0, 0.05) is 18.0 Å². The van der Waals surface area contributed by atoms with E-state index in [1.165, 1.54) is 0 Å². The second kappa shape index (κ2) is 8.22. The number of halogens is 1. The molecule has 2 aromatic rings. The highest BCUT2D eigenvalue weighted by Crippen LogP contribution is 2.28. The van der Waals surface area contributed by atoms with Crippen molar-refractivity contribution >= 4 is 18.7 Å². The summed E-state index contributed by atoms with van der Waals surface area (Å²) in [5.41, 5.74) is 0.574. The minimum absolute atomic E-state index is 0. The van der Waals surface area contributed by atoms with Crippen LogP contribution in [0, 0.1) is 0 Å². The van der Waals surface area contributed by atoms with Gasteiger partial charge in [0.05, 0.1) is 19.5 Å². The third-order valence-corrected chi connectivity index (χ3v) is 2.57. The lowest BCUT2D eigenvalue weighted by atomic mass is 10.2. The molecule has 20 heavy (non-hydrogen) atoms. The number of hydrogen-bond acceptors (Lipinski definition) is 4. The van der Waals surface area contributed by atoms with Gasteiger partial charge in [-0.2, -0.15) is 0 Å². The van der Waals surface area contributed by atoms with E-state index in [1.54, 1.807) is 30.7 Å². The first kappa shape index (κ1) is 16.0. The Morgan fingerprint density at radius 2 is 2.15 bits per heavy atom. The van der Waals surface area contributed by atoms with Crippen LogP contribution in [0.15, 0.2) is 36.9 Å². The van der Waals surface area contributed by atoms with Crippen molar-refractivity contribution < 1.29 is 14.3 Å². The van der Waals surface area contributed by atoms with E-state index in [1.807, 2.05) is 17.7 Å². The first-order valence-electron chi connectivity index (χ1n) is 6.14. The van der Waals surface area contributed by atoms with Gasteiger partial charge in [-0.1, -0.05) is 0 Å². The molecule has 2 rings (SSSR count). The largest absolute Gasteiger partial charge is 0.490 e. The Kier molecular flexibility index (Phi) is 6.59. The van der Waals surface area contributed by atoms with E-state index < -0.39 is 0 Å². The van der Waals surface area contributed by atoms with Gasteiger partial charge in [-0.15, -0.1) is 12.4 Å². The zero-order valence-corrected chi connectivity index (χ0v) is 12.0. The normalized spacial score (nSPS) is 9.65. The van der Waals surface area contributed by atoms with Crippen molar-refractivity contribution in [2.75, 3.05) is 13.2 Å². The van der Waals surface area contributed by atoms with Crippen LogP contribution in [0.25, 0.3) is 0 Å². The van der Waals surface area contributed by atoms with Crippen molar-refractivity contribution in [3.63, 3.8) is 0 Å². The molecular weight excluding hydrogens is 280 g/mol. The molecule has 0 unspecified atom stereocenters. The molecule has 1 heterocycles. The van der Waals surface area contributed by atoms with Crippen molar-refractivity contribution in [3.8, 4) is 11.5 Å². The number of benzene rings is 1. The van der Waals surface area contributed by atoms with E-state index in [-0.39, 0.29) is 12.4 Å². The van der Waals surface area contributed by atoms with Crippen LogP contribution in [0.5, 0.6) is 11.5 Å². The average molecular weight is 297 g/mol. The van der Waals surface area contributed by atoms with Crippen LogP contribution in [-0.4, -0.2) is 29.1 Å². The maximum absolute atomic E-state index is 10.7. The Bertz CT molecular complexity index is 529. The maximum Gasteiger partial charge on any atom is 0.161 e. The summed E-state index contributed by atoms with van der Waals surface area (Å²) in [6, 6.07) is 5.15. The molecule has 0 atom stereocenters. The standard InChI is InChI=1S/C14H16N2O3.ClH/c1-2-18-14-9-12(10-17)3-4-13(14)19-8-7-16-6-5-15-11-16;/h3-6,9-11H,2,7-8H2,1H3;1H. The lowest BCUT2D eigenvalue weighted by molar-refractivity contribution is 0.112. The van der Waals surface area contributed by atoms with Gasteiger partial charge in [0.25, 0.3) is 0 Å². The molecule has 0 saturated carbocycles. The van der Waals surface area contributed by atoms with Gasteiger partial charge in [0.1, 0.15) is 12.9 Å². The quantitative estimate of drug-likeness (QED) is 0.737. The van der Waals surface area contributed by atoms with Gasteiger partial charge in [-0.25, -0.2) is 4.98 Å². The first-order valence-corrected chi connectivity index (χ1v) is 6.14. The summed E-state index contributed by atoms with van der Waals surface area (Å²) in [7, 11) is 0. The molecule has 108 valence electrons. The second-order valence-corrected chi connectivity index (χ2v) is 3.91. The molecule has 0 fully saturated rings. The maximum atomic E-state index is 10.7.